The van der Waals surface area contributed by atoms with Gasteiger partial charge in [0.15, 0.2) is 8.32 Å². The molecule has 3 atom stereocenters. The van der Waals surface area contributed by atoms with Gasteiger partial charge in [-0.05, 0) is 68.0 Å². The topological polar surface area (TPSA) is 29.5 Å². The van der Waals surface area contributed by atoms with Gasteiger partial charge in [-0.1, -0.05) is 77.2 Å². The predicted octanol–water partition coefficient (Wildman–Crippen LogP) is 7.26. The van der Waals surface area contributed by atoms with E-state index in [-0.39, 0.29) is 11.1 Å². The van der Waals surface area contributed by atoms with Crippen molar-refractivity contribution in [2.45, 2.75) is 109 Å². The second-order valence-corrected chi connectivity index (χ2v) is 15.5. The number of hydrogen-bond donors (Lipinski definition) is 1. The van der Waals surface area contributed by atoms with Gasteiger partial charge in [-0.25, -0.2) is 0 Å². The molecule has 0 heterocycles. The molecule has 0 amide bonds. The fourth-order valence-corrected chi connectivity index (χ4v) is 5.97. The lowest BCUT2D eigenvalue weighted by Crippen LogP contribution is -2.45. The molecule has 2 rings (SSSR count). The Labute approximate surface area is 176 Å². The van der Waals surface area contributed by atoms with Crippen molar-refractivity contribution in [3.63, 3.8) is 0 Å². The Balaban J connectivity index is 2.04. The zero-order valence-electron chi connectivity index (χ0n) is 19.3. The molecule has 162 valence electrons. The molecule has 1 N–H and O–H groups in total. The van der Waals surface area contributed by atoms with E-state index in [4.69, 9.17) is 4.43 Å². The maximum absolute atomic E-state index is 9.35. The molecule has 2 saturated carbocycles. The molecule has 2 aliphatic carbocycles. The zero-order chi connectivity index (χ0) is 20.6. The van der Waals surface area contributed by atoms with E-state index < -0.39 is 8.32 Å². The van der Waals surface area contributed by atoms with Crippen LogP contribution in [0.3, 0.4) is 0 Å². The van der Waals surface area contributed by atoms with Gasteiger partial charge in [-0.15, -0.1) is 0 Å². The van der Waals surface area contributed by atoms with E-state index in [0.29, 0.717) is 24.4 Å². The van der Waals surface area contributed by atoms with Gasteiger partial charge in [0, 0.05) is 6.61 Å². The molecule has 2 nitrogen and oxygen atoms in total. The minimum atomic E-state index is -1.77. The van der Waals surface area contributed by atoms with Gasteiger partial charge in [-0.2, -0.15) is 0 Å². The standard InChI is InChI=1S/C25H46O2Si/c1-25(2,3)28(4,5)27-24(23-16-7-6-8-17-23)18-12-11-14-21-13-9-10-15-22(21)19-20-26/h11-12,14,18,21-24,26H,6-10,13,15-17,19-20H2,1-5H3/b14-11+,18-12+/t21-,22+,24-/m0/s1. The molecule has 0 bridgehead atoms. The molecular weight excluding hydrogens is 360 g/mol. The predicted molar refractivity (Wildman–Crippen MR) is 124 cm³/mol. The van der Waals surface area contributed by atoms with Gasteiger partial charge in [0.2, 0.25) is 0 Å². The molecule has 2 fully saturated rings. The van der Waals surface area contributed by atoms with Crippen molar-refractivity contribution in [2.24, 2.45) is 17.8 Å². The lowest BCUT2D eigenvalue weighted by atomic mass is 9.77. The third-order valence-electron chi connectivity index (χ3n) is 7.59. The molecular formula is C25H46O2Si. The minimum absolute atomic E-state index is 0.253. The highest BCUT2D eigenvalue weighted by Gasteiger charge is 2.40. The molecule has 0 aromatic rings. The monoisotopic (exact) mass is 406 g/mol. The normalized spacial score (nSPS) is 26.9. The van der Waals surface area contributed by atoms with Crippen molar-refractivity contribution in [3.8, 4) is 0 Å². The van der Waals surface area contributed by atoms with Crippen LogP contribution in [0.2, 0.25) is 18.1 Å². The lowest BCUT2D eigenvalue weighted by Gasteiger charge is -2.41. The van der Waals surface area contributed by atoms with E-state index in [2.05, 4.69) is 58.2 Å². The summed E-state index contributed by atoms with van der Waals surface area (Å²) in [5, 5.41) is 9.60. The van der Waals surface area contributed by atoms with Gasteiger partial charge in [-0.3, -0.25) is 0 Å². The number of aliphatic hydroxyl groups excluding tert-OH is 1. The Hall–Kier alpha value is -0.383. The maximum Gasteiger partial charge on any atom is 0.192 e. The third kappa shape index (κ3) is 7.14. The highest BCUT2D eigenvalue weighted by molar-refractivity contribution is 6.74. The third-order valence-corrected chi connectivity index (χ3v) is 12.1. The minimum Gasteiger partial charge on any atom is -0.410 e. The maximum atomic E-state index is 9.35. The van der Waals surface area contributed by atoms with E-state index in [0.717, 1.165) is 6.42 Å². The molecule has 0 spiro atoms. The smallest absolute Gasteiger partial charge is 0.192 e. The van der Waals surface area contributed by atoms with Gasteiger partial charge in [0.25, 0.3) is 0 Å². The first-order chi connectivity index (χ1) is 13.2. The first-order valence-electron chi connectivity index (χ1n) is 11.9. The summed E-state index contributed by atoms with van der Waals surface area (Å²) in [6.45, 7) is 12.1. The average molecular weight is 407 g/mol. The SMILES string of the molecule is CC(C)(C)[Si](C)(C)O[C@@H](/C=C/C=C/[C@@H]1CCCC[C@@H]1CCO)C1CCCCC1. The van der Waals surface area contributed by atoms with E-state index in [9.17, 15) is 5.11 Å². The first kappa shape index (κ1) is 23.9. The number of aliphatic hydroxyl groups is 1. The summed E-state index contributed by atoms with van der Waals surface area (Å²) in [7, 11) is -1.77. The summed E-state index contributed by atoms with van der Waals surface area (Å²) < 4.78 is 6.88. The average Bonchev–Trinajstić information content (AvgIpc) is 2.65. The van der Waals surface area contributed by atoms with Crippen LogP contribution in [0, 0.1) is 17.8 Å². The van der Waals surface area contributed by atoms with Crippen molar-refractivity contribution >= 4 is 8.32 Å². The zero-order valence-corrected chi connectivity index (χ0v) is 20.3. The molecule has 0 aliphatic heterocycles. The second-order valence-electron chi connectivity index (χ2n) is 10.7. The van der Waals surface area contributed by atoms with Crippen LogP contribution in [0.25, 0.3) is 0 Å². The quantitative estimate of drug-likeness (QED) is 0.339. The molecule has 2 aliphatic rings. The summed E-state index contributed by atoms with van der Waals surface area (Å²) >= 11 is 0. The Morgan fingerprint density at radius 3 is 2.25 bits per heavy atom. The summed E-state index contributed by atoms with van der Waals surface area (Å²) in [5.41, 5.74) is 0. The first-order valence-corrected chi connectivity index (χ1v) is 14.8. The highest BCUT2D eigenvalue weighted by Crippen LogP contribution is 2.40. The van der Waals surface area contributed by atoms with E-state index in [1.54, 1.807) is 0 Å². The number of allylic oxidation sites excluding steroid dienone is 3. The van der Waals surface area contributed by atoms with E-state index >= 15 is 0 Å². The van der Waals surface area contributed by atoms with Crippen LogP contribution in [0.4, 0.5) is 0 Å². The molecule has 0 saturated heterocycles. The highest BCUT2D eigenvalue weighted by atomic mass is 28.4. The van der Waals surface area contributed by atoms with Crippen LogP contribution in [0.5, 0.6) is 0 Å². The summed E-state index contributed by atoms with van der Waals surface area (Å²) in [6.07, 6.45) is 22.5. The fraction of sp³-hybridized carbons (Fsp3) is 0.840. The van der Waals surface area contributed by atoms with Gasteiger partial charge < -0.3 is 9.53 Å². The molecule has 0 aromatic carbocycles. The van der Waals surface area contributed by atoms with E-state index in [1.165, 1.54) is 57.8 Å². The summed E-state index contributed by atoms with van der Waals surface area (Å²) in [6, 6.07) is 0. The van der Waals surface area contributed by atoms with Gasteiger partial charge in [0.05, 0.1) is 6.10 Å². The Bertz CT molecular complexity index is 495. The van der Waals surface area contributed by atoms with Crippen molar-refractivity contribution < 1.29 is 9.53 Å². The van der Waals surface area contributed by atoms with E-state index in [1.807, 2.05) is 0 Å². The largest absolute Gasteiger partial charge is 0.410 e. The van der Waals surface area contributed by atoms with Crippen molar-refractivity contribution in [3.05, 3.63) is 24.3 Å². The molecule has 0 aromatic heterocycles. The van der Waals surface area contributed by atoms with Crippen molar-refractivity contribution in [1.29, 1.82) is 0 Å². The van der Waals surface area contributed by atoms with Crippen molar-refractivity contribution in [1.82, 2.24) is 0 Å². The number of hydrogen-bond acceptors (Lipinski definition) is 2. The summed E-state index contributed by atoms with van der Waals surface area (Å²) in [4.78, 5) is 0. The van der Waals surface area contributed by atoms with Gasteiger partial charge >= 0.3 is 0 Å². The molecule has 0 unspecified atom stereocenters. The van der Waals surface area contributed by atoms with Gasteiger partial charge in [0.1, 0.15) is 0 Å². The van der Waals surface area contributed by atoms with Crippen LogP contribution in [0.1, 0.15) is 85.0 Å². The van der Waals surface area contributed by atoms with Crippen molar-refractivity contribution in [2.75, 3.05) is 6.61 Å². The Morgan fingerprint density at radius 1 is 0.964 bits per heavy atom. The summed E-state index contributed by atoms with van der Waals surface area (Å²) in [5.74, 6) is 1.99. The van der Waals surface area contributed by atoms with Crippen LogP contribution in [-0.4, -0.2) is 26.1 Å². The van der Waals surface area contributed by atoms with Crippen LogP contribution >= 0.6 is 0 Å². The van der Waals surface area contributed by atoms with Crippen LogP contribution in [0.15, 0.2) is 24.3 Å². The second kappa shape index (κ2) is 11.1. The molecule has 3 heteroatoms. The van der Waals surface area contributed by atoms with Crippen LogP contribution < -0.4 is 0 Å². The number of rotatable bonds is 8. The molecule has 28 heavy (non-hydrogen) atoms. The Morgan fingerprint density at radius 2 is 1.61 bits per heavy atom. The lowest BCUT2D eigenvalue weighted by molar-refractivity contribution is 0.132. The fourth-order valence-electron chi connectivity index (χ4n) is 4.67. The Kier molecular flexibility index (Phi) is 9.50. The van der Waals surface area contributed by atoms with Crippen LogP contribution in [-0.2, 0) is 4.43 Å². The molecule has 0 radical (unpaired) electrons.